The highest BCUT2D eigenvalue weighted by molar-refractivity contribution is 5.94. The zero-order valence-corrected chi connectivity index (χ0v) is 15.6. The molecule has 0 saturated carbocycles. The molecule has 1 fully saturated rings. The Bertz CT molecular complexity index is 836. The van der Waals surface area contributed by atoms with Crippen LogP contribution in [0.1, 0.15) is 34.9 Å². The zero-order chi connectivity index (χ0) is 20.1. The van der Waals surface area contributed by atoms with Gasteiger partial charge in [-0.2, -0.15) is 0 Å². The Hall–Kier alpha value is -2.93. The van der Waals surface area contributed by atoms with E-state index in [-0.39, 0.29) is 17.2 Å². The quantitative estimate of drug-likeness (QED) is 0.787. The van der Waals surface area contributed by atoms with E-state index in [1.807, 2.05) is 30.3 Å². The molecule has 1 aliphatic rings. The number of hydrogen-bond acceptors (Lipinski definition) is 4. The van der Waals surface area contributed by atoms with Crippen LogP contribution in [0.5, 0.6) is 0 Å². The van der Waals surface area contributed by atoms with Gasteiger partial charge < -0.3 is 20.1 Å². The SMILES string of the molecule is COC(=O)c1ccc(F)c(NC(=O)N2CCC(C(O)c3ccccc3)CC2)c1. The number of aliphatic hydroxyl groups is 1. The third-order valence-electron chi connectivity index (χ3n) is 5.04. The third-order valence-corrected chi connectivity index (χ3v) is 5.04. The number of hydrogen-bond donors (Lipinski definition) is 2. The van der Waals surface area contributed by atoms with Crippen LogP contribution in [0.25, 0.3) is 0 Å². The van der Waals surface area contributed by atoms with Crippen LogP contribution in [0.15, 0.2) is 48.5 Å². The minimum Gasteiger partial charge on any atom is -0.465 e. The summed E-state index contributed by atoms with van der Waals surface area (Å²) in [7, 11) is 1.23. The Morgan fingerprint density at radius 1 is 1.18 bits per heavy atom. The summed E-state index contributed by atoms with van der Waals surface area (Å²) < 4.78 is 18.6. The van der Waals surface area contributed by atoms with Crippen molar-refractivity contribution in [1.82, 2.24) is 4.90 Å². The molecule has 0 radical (unpaired) electrons. The lowest BCUT2D eigenvalue weighted by Crippen LogP contribution is -2.42. The molecule has 1 atom stereocenters. The number of aliphatic hydroxyl groups excluding tert-OH is 1. The molecule has 1 saturated heterocycles. The van der Waals surface area contributed by atoms with Crippen molar-refractivity contribution < 1.29 is 23.8 Å². The summed E-state index contributed by atoms with van der Waals surface area (Å²) in [4.78, 5) is 25.7. The molecule has 1 heterocycles. The van der Waals surface area contributed by atoms with Crippen molar-refractivity contribution in [2.24, 2.45) is 5.92 Å². The second kappa shape index (κ2) is 8.84. The van der Waals surface area contributed by atoms with Crippen LogP contribution < -0.4 is 5.32 Å². The number of likely N-dealkylation sites (tertiary alicyclic amines) is 1. The monoisotopic (exact) mass is 386 g/mol. The number of piperidine rings is 1. The largest absolute Gasteiger partial charge is 0.465 e. The van der Waals surface area contributed by atoms with Crippen molar-refractivity contribution in [1.29, 1.82) is 0 Å². The Balaban J connectivity index is 1.59. The number of benzene rings is 2. The standard InChI is InChI=1S/C21H23FN2O4/c1-28-20(26)16-7-8-17(22)18(13-16)23-21(27)24-11-9-15(10-12-24)19(25)14-5-3-2-4-6-14/h2-8,13,15,19,25H,9-12H2,1H3,(H,23,27). The van der Waals surface area contributed by atoms with Crippen molar-refractivity contribution in [2.45, 2.75) is 18.9 Å². The summed E-state index contributed by atoms with van der Waals surface area (Å²) in [6, 6.07) is 12.7. The Morgan fingerprint density at radius 3 is 2.50 bits per heavy atom. The van der Waals surface area contributed by atoms with Crippen molar-refractivity contribution >= 4 is 17.7 Å². The van der Waals surface area contributed by atoms with E-state index in [4.69, 9.17) is 0 Å². The Labute approximate surface area is 162 Å². The second-order valence-electron chi connectivity index (χ2n) is 6.80. The summed E-state index contributed by atoms with van der Waals surface area (Å²) in [5.74, 6) is -1.17. The van der Waals surface area contributed by atoms with Gasteiger partial charge in [0.05, 0.1) is 24.5 Å². The minimum atomic E-state index is -0.629. The maximum absolute atomic E-state index is 14.0. The summed E-state index contributed by atoms with van der Waals surface area (Å²) in [5, 5.41) is 13.1. The first-order valence-electron chi connectivity index (χ1n) is 9.16. The predicted octanol–water partition coefficient (Wildman–Crippen LogP) is 3.59. The number of urea groups is 1. The van der Waals surface area contributed by atoms with Crippen LogP contribution in [0.2, 0.25) is 0 Å². The molecule has 0 aliphatic carbocycles. The molecular formula is C21H23FN2O4. The average molecular weight is 386 g/mol. The van der Waals surface area contributed by atoms with E-state index in [1.165, 1.54) is 19.2 Å². The summed E-state index contributed by atoms with van der Waals surface area (Å²) in [5.41, 5.74) is 0.954. The number of nitrogens with zero attached hydrogens (tertiary/aromatic N) is 1. The van der Waals surface area contributed by atoms with Gasteiger partial charge in [0.2, 0.25) is 0 Å². The van der Waals surface area contributed by atoms with Gasteiger partial charge in [-0.3, -0.25) is 0 Å². The number of esters is 1. The third kappa shape index (κ3) is 4.48. The van der Waals surface area contributed by atoms with Crippen LogP contribution in [0.4, 0.5) is 14.9 Å². The number of ether oxygens (including phenoxy) is 1. The first kappa shape index (κ1) is 19.8. The molecule has 2 aromatic rings. The smallest absolute Gasteiger partial charge is 0.337 e. The molecule has 2 N–H and O–H groups in total. The number of anilines is 1. The molecular weight excluding hydrogens is 363 g/mol. The van der Waals surface area contributed by atoms with E-state index >= 15 is 0 Å². The maximum atomic E-state index is 14.0. The number of halogens is 1. The van der Waals surface area contributed by atoms with Crippen LogP contribution in [-0.4, -0.2) is 42.2 Å². The number of amides is 2. The van der Waals surface area contributed by atoms with E-state index < -0.39 is 23.9 Å². The zero-order valence-electron chi connectivity index (χ0n) is 15.6. The fourth-order valence-electron chi connectivity index (χ4n) is 3.40. The highest BCUT2D eigenvalue weighted by Gasteiger charge is 2.28. The Morgan fingerprint density at radius 2 is 1.86 bits per heavy atom. The molecule has 2 aromatic carbocycles. The van der Waals surface area contributed by atoms with Gasteiger partial charge in [-0.1, -0.05) is 30.3 Å². The van der Waals surface area contributed by atoms with Crippen molar-refractivity contribution in [3.8, 4) is 0 Å². The maximum Gasteiger partial charge on any atom is 0.337 e. The van der Waals surface area contributed by atoms with Gasteiger partial charge in [0.25, 0.3) is 0 Å². The van der Waals surface area contributed by atoms with Gasteiger partial charge >= 0.3 is 12.0 Å². The van der Waals surface area contributed by atoms with Gasteiger partial charge in [0.15, 0.2) is 0 Å². The first-order valence-corrected chi connectivity index (χ1v) is 9.16. The van der Waals surface area contributed by atoms with Crippen molar-refractivity contribution in [3.63, 3.8) is 0 Å². The topological polar surface area (TPSA) is 78.9 Å². The van der Waals surface area contributed by atoms with Crippen LogP contribution in [-0.2, 0) is 4.74 Å². The van der Waals surface area contributed by atoms with Crippen molar-refractivity contribution in [2.75, 3.05) is 25.5 Å². The number of rotatable bonds is 4. The molecule has 148 valence electrons. The highest BCUT2D eigenvalue weighted by atomic mass is 19.1. The first-order chi connectivity index (χ1) is 13.5. The molecule has 7 heteroatoms. The second-order valence-corrected chi connectivity index (χ2v) is 6.80. The van der Waals surface area contributed by atoms with E-state index in [2.05, 4.69) is 10.1 Å². The van der Waals surface area contributed by atoms with E-state index in [9.17, 15) is 19.1 Å². The van der Waals surface area contributed by atoms with Gasteiger partial charge in [-0.25, -0.2) is 14.0 Å². The highest BCUT2D eigenvalue weighted by Crippen LogP contribution is 2.31. The number of carbonyl (C=O) groups excluding carboxylic acids is 2. The summed E-state index contributed by atoms with van der Waals surface area (Å²) >= 11 is 0. The normalized spacial score (nSPS) is 15.8. The molecule has 6 nitrogen and oxygen atoms in total. The minimum absolute atomic E-state index is 0.0610. The molecule has 1 unspecified atom stereocenters. The van der Waals surface area contributed by atoms with Crippen LogP contribution in [0.3, 0.4) is 0 Å². The predicted molar refractivity (Wildman–Crippen MR) is 102 cm³/mol. The molecule has 0 spiro atoms. The lowest BCUT2D eigenvalue weighted by atomic mass is 9.87. The van der Waals surface area contributed by atoms with Gasteiger partial charge in [-0.15, -0.1) is 0 Å². The lowest BCUT2D eigenvalue weighted by molar-refractivity contribution is 0.0600. The number of nitrogens with one attached hydrogen (secondary N) is 1. The van der Waals surface area contributed by atoms with Crippen molar-refractivity contribution in [3.05, 3.63) is 65.5 Å². The summed E-state index contributed by atoms with van der Waals surface area (Å²) in [6.07, 6.45) is 0.725. The average Bonchev–Trinajstić information content (AvgIpc) is 2.74. The molecule has 2 amide bonds. The van der Waals surface area contributed by atoms with E-state index in [0.29, 0.717) is 25.9 Å². The van der Waals surface area contributed by atoms with E-state index in [0.717, 1.165) is 11.6 Å². The molecule has 0 aromatic heterocycles. The molecule has 28 heavy (non-hydrogen) atoms. The van der Waals surface area contributed by atoms with Crippen LogP contribution in [0, 0.1) is 11.7 Å². The van der Waals surface area contributed by atoms with Gasteiger partial charge in [0.1, 0.15) is 5.82 Å². The fraction of sp³-hybridized carbons (Fsp3) is 0.333. The van der Waals surface area contributed by atoms with Gasteiger partial charge in [0, 0.05) is 13.1 Å². The van der Waals surface area contributed by atoms with E-state index in [1.54, 1.807) is 4.90 Å². The fourth-order valence-corrected chi connectivity index (χ4v) is 3.40. The molecule has 1 aliphatic heterocycles. The molecule has 0 bridgehead atoms. The number of carbonyl (C=O) groups is 2. The number of methoxy groups -OCH3 is 1. The summed E-state index contributed by atoms with van der Waals surface area (Å²) in [6.45, 7) is 0.914. The Kier molecular flexibility index (Phi) is 6.26. The van der Waals surface area contributed by atoms with Gasteiger partial charge in [-0.05, 0) is 42.5 Å². The van der Waals surface area contributed by atoms with Crippen LogP contribution >= 0.6 is 0 Å². The molecule has 3 rings (SSSR count). The lowest BCUT2D eigenvalue weighted by Gasteiger charge is -2.34.